The summed E-state index contributed by atoms with van der Waals surface area (Å²) in [6.07, 6.45) is 7.39. The Morgan fingerprint density at radius 2 is 2.21 bits per heavy atom. The predicted octanol–water partition coefficient (Wildman–Crippen LogP) is 0.357. The average Bonchev–Trinajstić information content (AvgIpc) is 2.64. The zero-order valence-corrected chi connectivity index (χ0v) is 14.3. The van der Waals surface area contributed by atoms with Crippen molar-refractivity contribution in [1.29, 1.82) is 0 Å². The second-order valence-corrected chi connectivity index (χ2v) is 6.38. The Hall–Kier alpha value is -1.57. The number of nitrogens with zero attached hydrogens (tertiary/aromatic N) is 4. The van der Waals surface area contributed by atoms with E-state index in [1.54, 1.807) is 19.5 Å². The summed E-state index contributed by atoms with van der Waals surface area (Å²) in [5.41, 5.74) is 1.00. The minimum absolute atomic E-state index is 0.203. The molecule has 0 N–H and O–H groups in total. The van der Waals surface area contributed by atoms with E-state index in [1.165, 1.54) is 6.33 Å². The average molecular weight is 334 g/mol. The maximum Gasteiger partial charge on any atom is 0.222 e. The van der Waals surface area contributed by atoms with Crippen LogP contribution >= 0.6 is 0 Å². The van der Waals surface area contributed by atoms with Gasteiger partial charge >= 0.3 is 0 Å². The lowest BCUT2D eigenvalue weighted by molar-refractivity contribution is -0.143. The number of ether oxygens (including phenoxy) is 2. The summed E-state index contributed by atoms with van der Waals surface area (Å²) >= 11 is 0. The lowest BCUT2D eigenvalue weighted by atomic mass is 9.98. The number of carbonyl (C=O) groups excluding carboxylic acids is 1. The van der Waals surface area contributed by atoms with Gasteiger partial charge in [-0.25, -0.2) is 9.97 Å². The largest absolute Gasteiger partial charge is 0.383 e. The molecule has 7 heteroatoms. The molecule has 132 valence electrons. The van der Waals surface area contributed by atoms with Crippen LogP contribution < -0.4 is 0 Å². The molecule has 24 heavy (non-hydrogen) atoms. The van der Waals surface area contributed by atoms with Gasteiger partial charge in [0.05, 0.1) is 25.4 Å². The number of aryl methyl sites for hydroxylation is 1. The van der Waals surface area contributed by atoms with E-state index >= 15 is 0 Å². The molecule has 2 aliphatic heterocycles. The zero-order valence-electron chi connectivity index (χ0n) is 14.3. The van der Waals surface area contributed by atoms with Gasteiger partial charge in [0.25, 0.3) is 0 Å². The topological polar surface area (TPSA) is 67.8 Å². The molecule has 1 amide bonds. The van der Waals surface area contributed by atoms with Gasteiger partial charge in [0.1, 0.15) is 6.33 Å². The summed E-state index contributed by atoms with van der Waals surface area (Å²) in [4.78, 5) is 25.0. The molecule has 2 aliphatic rings. The number of carbonyl (C=O) groups is 1. The van der Waals surface area contributed by atoms with Gasteiger partial charge in [-0.3, -0.25) is 9.69 Å². The third-order valence-electron chi connectivity index (χ3n) is 4.88. The molecule has 0 aromatic carbocycles. The molecule has 0 aliphatic carbocycles. The maximum atomic E-state index is 12.6. The van der Waals surface area contributed by atoms with Gasteiger partial charge in [-0.15, -0.1) is 0 Å². The number of hydrogen-bond donors (Lipinski definition) is 0. The Kier molecular flexibility index (Phi) is 6.12. The molecule has 0 spiro atoms. The van der Waals surface area contributed by atoms with Crippen molar-refractivity contribution in [3.63, 3.8) is 0 Å². The molecule has 2 fully saturated rings. The molecular formula is C17H26N4O3. The lowest BCUT2D eigenvalue weighted by Crippen LogP contribution is -2.61. The SMILES string of the molecule is COCCN1CCO[C@H]2CCN(C(=O)CCc3cncnc3)C[C@@H]21. The van der Waals surface area contributed by atoms with Gasteiger partial charge in [-0.1, -0.05) is 0 Å². The molecule has 1 aromatic rings. The number of piperidine rings is 1. The second kappa shape index (κ2) is 8.50. The summed E-state index contributed by atoms with van der Waals surface area (Å²) in [5, 5.41) is 0. The first-order valence-electron chi connectivity index (χ1n) is 8.64. The number of rotatable bonds is 6. The first-order valence-corrected chi connectivity index (χ1v) is 8.64. The van der Waals surface area contributed by atoms with E-state index in [-0.39, 0.29) is 18.1 Å². The smallest absolute Gasteiger partial charge is 0.222 e. The molecule has 3 heterocycles. The van der Waals surface area contributed by atoms with Crippen LogP contribution in [0.4, 0.5) is 0 Å². The van der Waals surface area contributed by atoms with Crippen LogP contribution in [0, 0.1) is 0 Å². The number of fused-ring (bicyclic) bond motifs is 1. The van der Waals surface area contributed by atoms with Crippen LogP contribution in [0.3, 0.4) is 0 Å². The van der Waals surface area contributed by atoms with Gasteiger partial charge in [0.15, 0.2) is 0 Å². The van der Waals surface area contributed by atoms with Crippen LogP contribution in [0.25, 0.3) is 0 Å². The van der Waals surface area contributed by atoms with E-state index in [4.69, 9.17) is 9.47 Å². The minimum Gasteiger partial charge on any atom is -0.383 e. The van der Waals surface area contributed by atoms with Crippen molar-refractivity contribution in [3.8, 4) is 0 Å². The molecule has 0 unspecified atom stereocenters. The first-order chi connectivity index (χ1) is 11.8. The van der Waals surface area contributed by atoms with E-state index < -0.39 is 0 Å². The van der Waals surface area contributed by atoms with Crippen molar-refractivity contribution >= 4 is 5.91 Å². The van der Waals surface area contributed by atoms with Crippen LogP contribution in [0.2, 0.25) is 0 Å². The molecule has 2 saturated heterocycles. The van der Waals surface area contributed by atoms with Gasteiger partial charge in [0, 0.05) is 52.1 Å². The number of morpholine rings is 1. The van der Waals surface area contributed by atoms with Crippen LogP contribution in [-0.2, 0) is 20.7 Å². The summed E-state index contributed by atoms with van der Waals surface area (Å²) in [6.45, 7) is 4.82. The van der Waals surface area contributed by atoms with Crippen LogP contribution in [0.15, 0.2) is 18.7 Å². The Bertz CT molecular complexity index is 528. The van der Waals surface area contributed by atoms with Gasteiger partial charge < -0.3 is 14.4 Å². The number of likely N-dealkylation sites (tertiary alicyclic amines) is 1. The summed E-state index contributed by atoms with van der Waals surface area (Å²) in [7, 11) is 1.72. The summed E-state index contributed by atoms with van der Waals surface area (Å²) in [5.74, 6) is 0.203. The number of amides is 1. The Balaban J connectivity index is 1.54. The van der Waals surface area contributed by atoms with E-state index in [0.29, 0.717) is 19.4 Å². The first kappa shape index (κ1) is 17.3. The van der Waals surface area contributed by atoms with E-state index in [1.807, 2.05) is 4.90 Å². The number of aromatic nitrogens is 2. The third-order valence-corrected chi connectivity index (χ3v) is 4.88. The zero-order chi connectivity index (χ0) is 16.8. The van der Waals surface area contributed by atoms with Crippen molar-refractivity contribution < 1.29 is 14.3 Å². The highest BCUT2D eigenvalue weighted by atomic mass is 16.5. The molecule has 2 atom stereocenters. The molecule has 0 bridgehead atoms. The monoisotopic (exact) mass is 334 g/mol. The van der Waals surface area contributed by atoms with Crippen molar-refractivity contribution in [2.75, 3.05) is 46.5 Å². The fourth-order valence-electron chi connectivity index (χ4n) is 3.52. The van der Waals surface area contributed by atoms with Crippen molar-refractivity contribution in [3.05, 3.63) is 24.3 Å². The molecule has 7 nitrogen and oxygen atoms in total. The highest BCUT2D eigenvalue weighted by Crippen LogP contribution is 2.23. The summed E-state index contributed by atoms with van der Waals surface area (Å²) < 4.78 is 11.1. The van der Waals surface area contributed by atoms with E-state index in [2.05, 4.69) is 14.9 Å². The molecule has 3 rings (SSSR count). The Labute approximate surface area is 143 Å². The van der Waals surface area contributed by atoms with Crippen molar-refractivity contribution in [1.82, 2.24) is 19.8 Å². The number of methoxy groups -OCH3 is 1. The second-order valence-electron chi connectivity index (χ2n) is 6.38. The summed E-state index contributed by atoms with van der Waals surface area (Å²) in [6, 6.07) is 0.284. The molecule has 0 saturated carbocycles. The molecular weight excluding hydrogens is 308 g/mol. The Morgan fingerprint density at radius 3 is 3.00 bits per heavy atom. The molecule has 0 radical (unpaired) electrons. The van der Waals surface area contributed by atoms with E-state index in [9.17, 15) is 4.79 Å². The Morgan fingerprint density at radius 1 is 1.38 bits per heavy atom. The van der Waals surface area contributed by atoms with Gasteiger partial charge in [-0.05, 0) is 18.4 Å². The van der Waals surface area contributed by atoms with Crippen LogP contribution in [0.1, 0.15) is 18.4 Å². The van der Waals surface area contributed by atoms with Gasteiger partial charge in [0.2, 0.25) is 5.91 Å². The number of hydrogen-bond acceptors (Lipinski definition) is 6. The standard InChI is InChI=1S/C17H26N4O3/c1-23-8-6-20-7-9-24-16-4-5-21(12-15(16)20)17(22)3-2-14-10-18-13-19-11-14/h10-11,13,15-16H,2-9,12H2,1H3/t15-,16-/m0/s1. The predicted molar refractivity (Wildman–Crippen MR) is 88.5 cm³/mol. The lowest BCUT2D eigenvalue weighted by Gasteiger charge is -2.47. The fraction of sp³-hybridized carbons (Fsp3) is 0.706. The van der Waals surface area contributed by atoms with E-state index in [0.717, 1.165) is 44.8 Å². The van der Waals surface area contributed by atoms with Crippen LogP contribution in [0.5, 0.6) is 0 Å². The van der Waals surface area contributed by atoms with Crippen molar-refractivity contribution in [2.45, 2.75) is 31.4 Å². The maximum absolute atomic E-state index is 12.6. The highest BCUT2D eigenvalue weighted by Gasteiger charge is 2.37. The third kappa shape index (κ3) is 4.28. The molecule has 1 aromatic heterocycles. The van der Waals surface area contributed by atoms with Gasteiger partial charge in [-0.2, -0.15) is 0 Å². The normalized spacial score (nSPS) is 24.6. The van der Waals surface area contributed by atoms with Crippen molar-refractivity contribution in [2.24, 2.45) is 0 Å². The fourth-order valence-corrected chi connectivity index (χ4v) is 3.52. The highest BCUT2D eigenvalue weighted by molar-refractivity contribution is 5.76. The minimum atomic E-state index is 0.203. The quantitative estimate of drug-likeness (QED) is 0.748. The van der Waals surface area contributed by atoms with Crippen LogP contribution in [-0.4, -0.2) is 84.3 Å².